The number of hydrogen-bond acceptors (Lipinski definition) is 5. The van der Waals surface area contributed by atoms with Crippen molar-refractivity contribution in [1.82, 2.24) is 4.98 Å². The van der Waals surface area contributed by atoms with Crippen molar-refractivity contribution in [3.63, 3.8) is 0 Å². The van der Waals surface area contributed by atoms with E-state index in [9.17, 15) is 13.2 Å². The number of aromatic nitrogens is 1. The number of sulfonamides is 1. The van der Waals surface area contributed by atoms with Gasteiger partial charge >= 0.3 is 0 Å². The second-order valence-electron chi connectivity index (χ2n) is 8.43. The molecule has 0 aliphatic carbocycles. The maximum atomic E-state index is 12.5. The number of amides is 1. The molecule has 0 saturated heterocycles. The molecule has 0 aliphatic heterocycles. The van der Waals surface area contributed by atoms with Crippen molar-refractivity contribution in [2.24, 2.45) is 0 Å². The van der Waals surface area contributed by atoms with Gasteiger partial charge in [0.1, 0.15) is 11.6 Å². The monoisotopic (exact) mass is 453 g/mol. The molecule has 2 N–H and O–H groups in total. The molecular formula is C24H27N3O4S. The number of carbonyl (C=O) groups excluding carboxylic acids is 1. The Morgan fingerprint density at radius 1 is 1.03 bits per heavy atom. The highest BCUT2D eigenvalue weighted by molar-refractivity contribution is 7.92. The predicted molar refractivity (Wildman–Crippen MR) is 125 cm³/mol. The number of rotatable bonds is 7. The molecule has 0 radical (unpaired) electrons. The van der Waals surface area contributed by atoms with Gasteiger partial charge in [-0.3, -0.25) is 9.52 Å². The molecule has 3 rings (SSSR count). The summed E-state index contributed by atoms with van der Waals surface area (Å²) in [6.07, 6.45) is 1.50. The molecule has 0 atom stereocenters. The van der Waals surface area contributed by atoms with Crippen LogP contribution in [0.3, 0.4) is 0 Å². The molecule has 32 heavy (non-hydrogen) atoms. The van der Waals surface area contributed by atoms with E-state index in [2.05, 4.69) is 41.9 Å². The number of anilines is 2. The standard InChI is InChI=1S/C24H27N3O4S/c1-17-8-13-21(20(15-17)24(2,3)4)31-16-23(28)26-18-9-11-19(12-10-18)32(29,30)27-22-7-5-6-14-25-22/h5-15H,16H2,1-4H3,(H,25,27)(H,26,28). The van der Waals surface area contributed by atoms with E-state index < -0.39 is 10.0 Å². The zero-order chi connectivity index (χ0) is 23.4. The summed E-state index contributed by atoms with van der Waals surface area (Å²) in [4.78, 5) is 16.4. The summed E-state index contributed by atoms with van der Waals surface area (Å²) in [6, 6.07) is 16.7. The van der Waals surface area contributed by atoms with Crippen molar-refractivity contribution < 1.29 is 17.9 Å². The van der Waals surface area contributed by atoms with Gasteiger partial charge in [0, 0.05) is 11.9 Å². The minimum atomic E-state index is -3.78. The van der Waals surface area contributed by atoms with Crippen molar-refractivity contribution in [2.45, 2.75) is 38.0 Å². The number of hydrogen-bond donors (Lipinski definition) is 2. The van der Waals surface area contributed by atoms with Crippen LogP contribution >= 0.6 is 0 Å². The molecule has 0 spiro atoms. The first-order valence-electron chi connectivity index (χ1n) is 10.1. The van der Waals surface area contributed by atoms with Gasteiger partial charge in [0.2, 0.25) is 0 Å². The van der Waals surface area contributed by atoms with Crippen LogP contribution < -0.4 is 14.8 Å². The minimum Gasteiger partial charge on any atom is -0.483 e. The van der Waals surface area contributed by atoms with Crippen LogP contribution in [0.15, 0.2) is 71.8 Å². The van der Waals surface area contributed by atoms with Gasteiger partial charge in [-0.1, -0.05) is 44.5 Å². The van der Waals surface area contributed by atoms with E-state index in [0.29, 0.717) is 11.4 Å². The highest BCUT2D eigenvalue weighted by atomic mass is 32.2. The van der Waals surface area contributed by atoms with Crippen molar-refractivity contribution in [2.75, 3.05) is 16.6 Å². The van der Waals surface area contributed by atoms with Crippen LogP contribution in [0.5, 0.6) is 5.75 Å². The number of aryl methyl sites for hydroxylation is 1. The Balaban J connectivity index is 1.62. The quantitative estimate of drug-likeness (QED) is 0.549. The summed E-state index contributed by atoms with van der Waals surface area (Å²) in [5, 5.41) is 2.72. The molecule has 0 bridgehead atoms. The van der Waals surface area contributed by atoms with E-state index in [-0.39, 0.29) is 28.6 Å². The summed E-state index contributed by atoms with van der Waals surface area (Å²) < 4.78 is 33.1. The largest absolute Gasteiger partial charge is 0.483 e. The second-order valence-corrected chi connectivity index (χ2v) is 10.1. The fourth-order valence-corrected chi connectivity index (χ4v) is 4.04. The van der Waals surface area contributed by atoms with Crippen LogP contribution in [0, 0.1) is 6.92 Å². The number of ether oxygens (including phenoxy) is 1. The molecule has 0 aliphatic rings. The van der Waals surface area contributed by atoms with Gasteiger partial charge in [0.25, 0.3) is 15.9 Å². The SMILES string of the molecule is Cc1ccc(OCC(=O)Nc2ccc(S(=O)(=O)Nc3ccccn3)cc2)c(C(C)(C)C)c1. The van der Waals surface area contributed by atoms with E-state index in [1.165, 1.54) is 30.5 Å². The number of nitrogens with zero attached hydrogens (tertiary/aromatic N) is 1. The van der Waals surface area contributed by atoms with Crippen molar-refractivity contribution >= 4 is 27.4 Å². The Hall–Kier alpha value is -3.39. The Morgan fingerprint density at radius 2 is 1.75 bits per heavy atom. The smallest absolute Gasteiger partial charge is 0.263 e. The van der Waals surface area contributed by atoms with Crippen molar-refractivity contribution in [3.05, 3.63) is 78.0 Å². The minimum absolute atomic E-state index is 0.0619. The maximum Gasteiger partial charge on any atom is 0.263 e. The first-order chi connectivity index (χ1) is 15.0. The van der Waals surface area contributed by atoms with Gasteiger partial charge in [0.15, 0.2) is 6.61 Å². The maximum absolute atomic E-state index is 12.5. The average Bonchev–Trinajstić information content (AvgIpc) is 2.73. The molecule has 0 saturated carbocycles. The van der Waals surface area contributed by atoms with E-state index >= 15 is 0 Å². The van der Waals surface area contributed by atoms with E-state index in [4.69, 9.17) is 4.74 Å². The Bertz CT molecular complexity index is 1190. The van der Waals surface area contributed by atoms with Crippen LogP contribution in [-0.2, 0) is 20.2 Å². The summed E-state index contributed by atoms with van der Waals surface area (Å²) in [5.74, 6) is 0.556. The summed E-state index contributed by atoms with van der Waals surface area (Å²) in [7, 11) is -3.78. The first kappa shape index (κ1) is 23.3. The van der Waals surface area contributed by atoms with Gasteiger partial charge < -0.3 is 10.1 Å². The second kappa shape index (κ2) is 9.40. The van der Waals surface area contributed by atoms with Crippen LogP contribution in [-0.4, -0.2) is 25.9 Å². The Kier molecular flexibility index (Phi) is 6.84. The third-order valence-electron chi connectivity index (χ3n) is 4.65. The third-order valence-corrected chi connectivity index (χ3v) is 6.02. The lowest BCUT2D eigenvalue weighted by Gasteiger charge is -2.23. The highest BCUT2D eigenvalue weighted by Crippen LogP contribution is 2.32. The number of pyridine rings is 1. The highest BCUT2D eigenvalue weighted by Gasteiger charge is 2.20. The number of carbonyl (C=O) groups is 1. The molecule has 0 unspecified atom stereocenters. The number of benzene rings is 2. The topological polar surface area (TPSA) is 97.4 Å². The molecule has 7 nitrogen and oxygen atoms in total. The van der Waals surface area contributed by atoms with E-state index in [1.807, 2.05) is 19.1 Å². The van der Waals surface area contributed by atoms with Crippen molar-refractivity contribution in [1.29, 1.82) is 0 Å². The van der Waals surface area contributed by atoms with Crippen LogP contribution in [0.2, 0.25) is 0 Å². The Labute approximate surface area is 188 Å². The zero-order valence-electron chi connectivity index (χ0n) is 18.5. The van der Waals surface area contributed by atoms with Gasteiger partial charge in [0.05, 0.1) is 4.90 Å². The molecule has 168 valence electrons. The van der Waals surface area contributed by atoms with Crippen molar-refractivity contribution in [3.8, 4) is 5.75 Å². The number of nitrogens with one attached hydrogen (secondary N) is 2. The lowest BCUT2D eigenvalue weighted by atomic mass is 9.85. The van der Waals surface area contributed by atoms with Crippen LogP contribution in [0.25, 0.3) is 0 Å². The zero-order valence-corrected chi connectivity index (χ0v) is 19.4. The van der Waals surface area contributed by atoms with Gasteiger partial charge in [-0.15, -0.1) is 0 Å². The van der Waals surface area contributed by atoms with Crippen LogP contribution in [0.1, 0.15) is 31.9 Å². The third kappa shape index (κ3) is 6.07. The van der Waals surface area contributed by atoms with Gasteiger partial charge in [-0.05, 0) is 60.4 Å². The molecule has 3 aromatic rings. The molecule has 2 aromatic carbocycles. The summed E-state index contributed by atoms with van der Waals surface area (Å²) in [6.45, 7) is 8.13. The molecule has 1 aromatic heterocycles. The summed E-state index contributed by atoms with van der Waals surface area (Å²) >= 11 is 0. The first-order valence-corrected chi connectivity index (χ1v) is 11.6. The molecule has 1 heterocycles. The lowest BCUT2D eigenvalue weighted by molar-refractivity contribution is -0.118. The lowest BCUT2D eigenvalue weighted by Crippen LogP contribution is -2.22. The molecule has 1 amide bonds. The molecular weight excluding hydrogens is 426 g/mol. The van der Waals surface area contributed by atoms with Gasteiger partial charge in [-0.2, -0.15) is 0 Å². The van der Waals surface area contributed by atoms with Gasteiger partial charge in [-0.25, -0.2) is 13.4 Å². The van der Waals surface area contributed by atoms with E-state index in [0.717, 1.165) is 11.1 Å². The van der Waals surface area contributed by atoms with Crippen LogP contribution in [0.4, 0.5) is 11.5 Å². The van der Waals surface area contributed by atoms with E-state index in [1.54, 1.807) is 18.2 Å². The molecule has 0 fully saturated rings. The fourth-order valence-electron chi connectivity index (χ4n) is 3.03. The summed E-state index contributed by atoms with van der Waals surface area (Å²) in [5.41, 5.74) is 2.50. The fraction of sp³-hybridized carbons (Fsp3) is 0.250. The molecule has 8 heteroatoms. The normalized spacial score (nSPS) is 11.6. The predicted octanol–water partition coefficient (Wildman–Crippen LogP) is 4.51. The average molecular weight is 454 g/mol. The Morgan fingerprint density at radius 3 is 2.38 bits per heavy atom.